The molecule has 0 saturated carbocycles. The second-order valence-corrected chi connectivity index (χ2v) is 9.06. The minimum Gasteiger partial charge on any atom is -0.496 e. The smallest absolute Gasteiger partial charge is 0.227 e. The lowest BCUT2D eigenvalue weighted by Gasteiger charge is -2.42. The Bertz CT molecular complexity index is 1100. The van der Waals surface area contributed by atoms with E-state index in [1.807, 2.05) is 12.3 Å². The van der Waals surface area contributed by atoms with E-state index in [4.69, 9.17) is 4.74 Å². The normalized spacial score (nSPS) is 18.6. The van der Waals surface area contributed by atoms with Crippen molar-refractivity contribution in [2.24, 2.45) is 5.41 Å². The third-order valence-electron chi connectivity index (χ3n) is 6.72. The van der Waals surface area contributed by atoms with Gasteiger partial charge in [0.2, 0.25) is 5.91 Å². The van der Waals surface area contributed by atoms with Crippen molar-refractivity contribution in [3.63, 3.8) is 0 Å². The predicted octanol–water partition coefficient (Wildman–Crippen LogP) is 4.64. The molecule has 5 nitrogen and oxygen atoms in total. The van der Waals surface area contributed by atoms with Crippen LogP contribution in [0.1, 0.15) is 29.5 Å². The minimum absolute atomic E-state index is 0.115. The zero-order valence-corrected chi connectivity index (χ0v) is 19.8. The molecule has 0 radical (unpaired) electrons. The van der Waals surface area contributed by atoms with Crippen LogP contribution in [0.4, 0.5) is 0 Å². The highest BCUT2D eigenvalue weighted by atomic mass is 16.5. The van der Waals surface area contributed by atoms with Crippen LogP contribution in [-0.2, 0) is 17.8 Å². The van der Waals surface area contributed by atoms with E-state index in [1.54, 1.807) is 20.4 Å². The third-order valence-corrected chi connectivity index (χ3v) is 6.72. The lowest BCUT2D eigenvalue weighted by molar-refractivity contribution is -0.134. The molecule has 172 valence electrons. The van der Waals surface area contributed by atoms with Gasteiger partial charge in [-0.2, -0.15) is 0 Å². The van der Waals surface area contributed by atoms with Gasteiger partial charge >= 0.3 is 0 Å². The average Bonchev–Trinajstić information content (AvgIpc) is 2.85. The van der Waals surface area contributed by atoms with Crippen LogP contribution in [0.5, 0.6) is 5.75 Å². The largest absolute Gasteiger partial charge is 0.496 e. The summed E-state index contributed by atoms with van der Waals surface area (Å²) in [6.45, 7) is 4.53. The molecule has 5 heteroatoms. The van der Waals surface area contributed by atoms with Crippen LogP contribution in [0.2, 0.25) is 0 Å². The Morgan fingerprint density at radius 3 is 2.76 bits per heavy atom. The second-order valence-electron chi connectivity index (χ2n) is 9.06. The molecule has 0 aliphatic carbocycles. The van der Waals surface area contributed by atoms with E-state index in [1.165, 1.54) is 11.1 Å². The molecular weight excluding hydrogens is 410 g/mol. The number of hydrogen-bond donors (Lipinski definition) is 1. The molecule has 1 amide bonds. The first-order valence-electron chi connectivity index (χ1n) is 11.6. The molecule has 2 aromatic carbocycles. The van der Waals surface area contributed by atoms with Gasteiger partial charge in [-0.1, -0.05) is 42.5 Å². The summed E-state index contributed by atoms with van der Waals surface area (Å²) in [5.74, 6) is 1.03. The van der Waals surface area contributed by atoms with Gasteiger partial charge in [-0.3, -0.25) is 14.7 Å². The molecule has 3 aromatic rings. The molecule has 1 aliphatic rings. The lowest BCUT2D eigenvalue weighted by atomic mass is 9.73. The number of ether oxygens (including phenoxy) is 1. The number of benzene rings is 2. The Labute approximate surface area is 196 Å². The number of amides is 1. The first-order valence-corrected chi connectivity index (χ1v) is 11.6. The Morgan fingerprint density at radius 1 is 1.15 bits per heavy atom. The van der Waals surface area contributed by atoms with Crippen molar-refractivity contribution in [2.45, 2.75) is 32.7 Å². The Hall–Kier alpha value is -3.18. The van der Waals surface area contributed by atoms with E-state index >= 15 is 0 Å². The summed E-state index contributed by atoms with van der Waals surface area (Å²) in [6, 6.07) is 18.8. The summed E-state index contributed by atoms with van der Waals surface area (Å²) < 4.78 is 5.64. The molecule has 1 aliphatic heterocycles. The summed E-state index contributed by atoms with van der Waals surface area (Å²) in [5.41, 5.74) is 5.27. The number of pyridine rings is 1. The van der Waals surface area contributed by atoms with E-state index in [-0.39, 0.29) is 5.91 Å². The van der Waals surface area contributed by atoms with Crippen LogP contribution in [0.25, 0.3) is 11.1 Å². The highest BCUT2D eigenvalue weighted by Gasteiger charge is 2.42. The van der Waals surface area contributed by atoms with Crippen LogP contribution in [0.3, 0.4) is 0 Å². The topological polar surface area (TPSA) is 54.5 Å². The molecule has 1 saturated heterocycles. The fourth-order valence-electron chi connectivity index (χ4n) is 5.10. The number of methoxy groups -OCH3 is 1. The van der Waals surface area contributed by atoms with Gasteiger partial charge in [0.1, 0.15) is 5.75 Å². The van der Waals surface area contributed by atoms with E-state index < -0.39 is 5.41 Å². The van der Waals surface area contributed by atoms with Crippen molar-refractivity contribution >= 4 is 5.91 Å². The van der Waals surface area contributed by atoms with Crippen molar-refractivity contribution in [1.82, 2.24) is 15.2 Å². The van der Waals surface area contributed by atoms with Gasteiger partial charge in [0.15, 0.2) is 0 Å². The second kappa shape index (κ2) is 10.2. The van der Waals surface area contributed by atoms with Crippen molar-refractivity contribution in [1.29, 1.82) is 0 Å². The number of piperidine rings is 1. The van der Waals surface area contributed by atoms with Crippen LogP contribution >= 0.6 is 0 Å². The van der Waals surface area contributed by atoms with E-state index in [0.29, 0.717) is 13.0 Å². The number of aryl methyl sites for hydroxylation is 1. The van der Waals surface area contributed by atoms with Gasteiger partial charge in [0, 0.05) is 43.7 Å². The van der Waals surface area contributed by atoms with Crippen LogP contribution in [0.15, 0.2) is 67.0 Å². The zero-order valence-electron chi connectivity index (χ0n) is 19.8. The zero-order chi connectivity index (χ0) is 23.3. The molecule has 1 N–H and O–H groups in total. The third kappa shape index (κ3) is 5.09. The van der Waals surface area contributed by atoms with Gasteiger partial charge in [-0.05, 0) is 61.6 Å². The molecule has 1 fully saturated rings. The Kier molecular flexibility index (Phi) is 7.09. The van der Waals surface area contributed by atoms with Gasteiger partial charge in [0.25, 0.3) is 0 Å². The highest BCUT2D eigenvalue weighted by Crippen LogP contribution is 2.38. The lowest BCUT2D eigenvalue weighted by Crippen LogP contribution is -2.52. The maximum atomic E-state index is 13.3. The number of carbonyl (C=O) groups is 1. The van der Waals surface area contributed by atoms with E-state index in [2.05, 4.69) is 70.7 Å². The molecule has 0 spiro atoms. The van der Waals surface area contributed by atoms with Gasteiger partial charge in [-0.15, -0.1) is 0 Å². The Balaban J connectivity index is 1.63. The predicted molar refractivity (Wildman–Crippen MR) is 132 cm³/mol. The number of rotatable bonds is 7. The number of likely N-dealkylation sites (tertiary alicyclic amines) is 1. The average molecular weight is 444 g/mol. The van der Waals surface area contributed by atoms with Crippen LogP contribution in [0, 0.1) is 12.3 Å². The van der Waals surface area contributed by atoms with Crippen molar-refractivity contribution in [2.75, 3.05) is 27.2 Å². The number of carbonyl (C=O) groups excluding carboxylic acids is 1. The standard InChI is InChI=1S/C28H33N3O2/c1-21-11-12-24(26(16-21)33-3)19-31-15-7-13-28(20-31,27(32)29-2)17-22-8-4-5-10-25(22)23-9-6-14-30-18-23/h4-6,8-12,14,16,18H,7,13,15,17,19-20H2,1-3H3,(H,29,32). The highest BCUT2D eigenvalue weighted by molar-refractivity contribution is 5.83. The molecule has 4 rings (SSSR count). The molecule has 1 unspecified atom stereocenters. The summed E-state index contributed by atoms with van der Waals surface area (Å²) >= 11 is 0. The van der Waals surface area contributed by atoms with Gasteiger partial charge in [-0.25, -0.2) is 0 Å². The molecule has 1 aromatic heterocycles. The van der Waals surface area contributed by atoms with E-state index in [9.17, 15) is 4.79 Å². The van der Waals surface area contributed by atoms with Crippen molar-refractivity contribution < 1.29 is 9.53 Å². The molecule has 2 heterocycles. The molecule has 0 bridgehead atoms. The molecule has 1 atom stereocenters. The summed E-state index contributed by atoms with van der Waals surface area (Å²) in [4.78, 5) is 20.0. The minimum atomic E-state index is -0.483. The molecule has 33 heavy (non-hydrogen) atoms. The number of nitrogens with one attached hydrogen (secondary N) is 1. The maximum absolute atomic E-state index is 13.3. The van der Waals surface area contributed by atoms with Crippen LogP contribution < -0.4 is 10.1 Å². The van der Waals surface area contributed by atoms with E-state index in [0.717, 1.165) is 48.4 Å². The van der Waals surface area contributed by atoms with Gasteiger partial charge < -0.3 is 10.1 Å². The van der Waals surface area contributed by atoms with Gasteiger partial charge in [0.05, 0.1) is 12.5 Å². The van der Waals surface area contributed by atoms with Crippen molar-refractivity contribution in [3.05, 3.63) is 83.7 Å². The maximum Gasteiger partial charge on any atom is 0.227 e. The monoisotopic (exact) mass is 443 g/mol. The number of nitrogens with zero attached hydrogens (tertiary/aromatic N) is 2. The summed E-state index contributed by atoms with van der Waals surface area (Å²) in [5, 5.41) is 2.97. The summed E-state index contributed by atoms with van der Waals surface area (Å²) in [7, 11) is 3.47. The van der Waals surface area contributed by atoms with Crippen LogP contribution in [-0.4, -0.2) is 43.0 Å². The molecular formula is C28H33N3O2. The fraction of sp³-hybridized carbons (Fsp3) is 0.357. The number of hydrogen-bond acceptors (Lipinski definition) is 4. The Morgan fingerprint density at radius 2 is 2.00 bits per heavy atom. The summed E-state index contributed by atoms with van der Waals surface area (Å²) in [6.07, 6.45) is 6.23. The quantitative estimate of drug-likeness (QED) is 0.578. The first kappa shape index (κ1) is 23.0. The fourth-order valence-corrected chi connectivity index (χ4v) is 5.10. The SMILES string of the molecule is CNC(=O)C1(Cc2ccccc2-c2cccnc2)CCCN(Cc2ccc(C)cc2OC)C1. The number of aromatic nitrogens is 1. The van der Waals surface area contributed by atoms with Crippen molar-refractivity contribution in [3.8, 4) is 16.9 Å². The first-order chi connectivity index (χ1) is 16.0.